The number of aromatic nitrogens is 6. The van der Waals surface area contributed by atoms with E-state index in [0.717, 1.165) is 4.68 Å². The number of nitrogen functional groups attached to an aromatic ring is 1. The van der Waals surface area contributed by atoms with Gasteiger partial charge in [0, 0.05) is 4.91 Å². The maximum atomic E-state index is 11.0. The number of nitrogens with two attached hydrogens (primary N) is 1. The minimum absolute atomic E-state index is 0.0335. The zero-order valence-electron chi connectivity index (χ0n) is 10.5. The second-order valence-electron chi connectivity index (χ2n) is 3.68. The largest absolute Gasteiger partial charge is 0.430 e. The second-order valence-corrected chi connectivity index (χ2v) is 3.68. The number of tetrazole rings is 1. The van der Waals surface area contributed by atoms with Crippen LogP contribution in [0.4, 0.5) is 23.3 Å². The molecule has 0 fully saturated rings. The van der Waals surface area contributed by atoms with Crippen LogP contribution in [0, 0.1) is 20.2 Å². The third-order valence-electron chi connectivity index (χ3n) is 2.46. The molecule has 0 aliphatic rings. The number of anilines is 1. The Kier molecular flexibility index (Phi) is 3.76. The first-order chi connectivity index (χ1) is 10.5. The average molecular weight is 310 g/mol. The van der Waals surface area contributed by atoms with Crippen LogP contribution in [0.15, 0.2) is 5.11 Å². The van der Waals surface area contributed by atoms with E-state index >= 15 is 0 Å². The normalized spacial score (nSPS) is 10.2. The molecule has 0 aromatic carbocycles. The van der Waals surface area contributed by atoms with E-state index in [-0.39, 0.29) is 19.0 Å². The van der Waals surface area contributed by atoms with E-state index in [2.05, 4.69) is 30.7 Å². The van der Waals surface area contributed by atoms with Gasteiger partial charge in [0.2, 0.25) is 11.6 Å². The van der Waals surface area contributed by atoms with E-state index in [1.165, 1.54) is 0 Å². The lowest BCUT2D eigenvalue weighted by Gasteiger charge is -1.98. The predicted molar refractivity (Wildman–Crippen MR) is 66.6 cm³/mol. The molecule has 0 aliphatic heterocycles. The monoisotopic (exact) mass is 310 g/mol. The standard InChI is InChI=1S/C6H6N12O4/c7-6-10-13-14-16(6)2-1-15-5(18(21)22)3(9-12-8)4(11-15)17(19)20/h1-2H2,(H2,7,10,14). The summed E-state index contributed by atoms with van der Waals surface area (Å²) in [5.41, 5.74) is 13.0. The van der Waals surface area contributed by atoms with E-state index in [1.807, 2.05) is 0 Å². The van der Waals surface area contributed by atoms with Gasteiger partial charge in [-0.05, 0) is 35.6 Å². The molecular formula is C6H6N12O4. The SMILES string of the molecule is [N-]=[N+]=Nc1c([N+](=O)[O-])nn(CCn2nnnc2N)c1[N+](=O)[O-]. The van der Waals surface area contributed by atoms with E-state index in [1.54, 1.807) is 0 Å². The average Bonchev–Trinajstić information content (AvgIpc) is 3.00. The molecule has 16 heteroatoms. The lowest BCUT2D eigenvalue weighted by atomic mass is 10.5. The first-order valence-electron chi connectivity index (χ1n) is 5.42. The van der Waals surface area contributed by atoms with Gasteiger partial charge in [0.25, 0.3) is 0 Å². The Morgan fingerprint density at radius 3 is 2.45 bits per heavy atom. The Hall–Kier alpha value is -3.81. The van der Waals surface area contributed by atoms with E-state index in [4.69, 9.17) is 11.3 Å². The van der Waals surface area contributed by atoms with Crippen molar-refractivity contribution in [3.63, 3.8) is 0 Å². The molecule has 2 N–H and O–H groups in total. The van der Waals surface area contributed by atoms with Gasteiger partial charge in [-0.1, -0.05) is 5.10 Å². The number of rotatable bonds is 6. The molecule has 16 nitrogen and oxygen atoms in total. The van der Waals surface area contributed by atoms with Crippen LogP contribution in [-0.4, -0.2) is 39.8 Å². The number of aryl methyl sites for hydroxylation is 2. The molecule has 2 aromatic heterocycles. The van der Waals surface area contributed by atoms with Crippen molar-refractivity contribution in [2.24, 2.45) is 5.11 Å². The number of nitrogens with zero attached hydrogens (tertiary/aromatic N) is 11. The van der Waals surface area contributed by atoms with Crippen molar-refractivity contribution >= 4 is 23.3 Å². The first-order valence-corrected chi connectivity index (χ1v) is 5.42. The maximum absolute atomic E-state index is 11.0. The quantitative estimate of drug-likeness (QED) is 0.247. The van der Waals surface area contributed by atoms with Crippen LogP contribution < -0.4 is 5.73 Å². The van der Waals surface area contributed by atoms with Crippen molar-refractivity contribution in [2.75, 3.05) is 5.73 Å². The van der Waals surface area contributed by atoms with Crippen molar-refractivity contribution in [3.8, 4) is 0 Å². The highest BCUT2D eigenvalue weighted by atomic mass is 16.6. The highest BCUT2D eigenvalue weighted by Crippen LogP contribution is 2.36. The summed E-state index contributed by atoms with van der Waals surface area (Å²) in [4.78, 5) is 22.3. The summed E-state index contributed by atoms with van der Waals surface area (Å²) < 4.78 is 1.83. The summed E-state index contributed by atoms with van der Waals surface area (Å²) >= 11 is 0. The van der Waals surface area contributed by atoms with Gasteiger partial charge in [-0.3, -0.25) is 0 Å². The minimum Gasteiger partial charge on any atom is -0.367 e. The van der Waals surface area contributed by atoms with Gasteiger partial charge in [0.05, 0.1) is 6.54 Å². The second kappa shape index (κ2) is 5.67. The molecule has 0 amide bonds. The molecule has 0 unspecified atom stereocenters. The molecule has 2 heterocycles. The molecule has 0 aliphatic carbocycles. The fourth-order valence-electron chi connectivity index (χ4n) is 1.59. The number of hydrogen-bond donors (Lipinski definition) is 1. The van der Waals surface area contributed by atoms with Crippen LogP contribution in [0.5, 0.6) is 0 Å². The van der Waals surface area contributed by atoms with Crippen molar-refractivity contribution < 1.29 is 9.85 Å². The van der Waals surface area contributed by atoms with E-state index < -0.39 is 27.2 Å². The summed E-state index contributed by atoms with van der Waals surface area (Å²) in [6.07, 6.45) is 0. The van der Waals surface area contributed by atoms with Crippen LogP contribution in [0.2, 0.25) is 0 Å². The van der Waals surface area contributed by atoms with Gasteiger partial charge in [-0.2, -0.15) is 0 Å². The molecule has 2 aromatic rings. The van der Waals surface area contributed by atoms with Gasteiger partial charge in [-0.15, -0.1) is 0 Å². The highest BCUT2D eigenvalue weighted by Gasteiger charge is 2.36. The van der Waals surface area contributed by atoms with Crippen molar-refractivity contribution in [1.82, 2.24) is 30.0 Å². The smallest absolute Gasteiger partial charge is 0.367 e. The molecule has 0 saturated carbocycles. The Morgan fingerprint density at radius 2 is 1.95 bits per heavy atom. The third kappa shape index (κ3) is 2.56. The summed E-state index contributed by atoms with van der Waals surface area (Å²) in [5.74, 6) is -1.77. The minimum atomic E-state index is -0.987. The van der Waals surface area contributed by atoms with Gasteiger partial charge in [-0.25, -0.2) is 4.68 Å². The lowest BCUT2D eigenvalue weighted by molar-refractivity contribution is -0.393. The summed E-state index contributed by atoms with van der Waals surface area (Å²) in [6, 6.07) is 0. The lowest BCUT2D eigenvalue weighted by Crippen LogP contribution is -2.13. The van der Waals surface area contributed by atoms with E-state index in [0.29, 0.717) is 4.68 Å². The zero-order valence-corrected chi connectivity index (χ0v) is 10.5. The number of hydrogen-bond acceptors (Lipinski definition) is 10. The molecule has 0 atom stereocenters. The molecule has 2 rings (SSSR count). The number of nitro groups is 2. The van der Waals surface area contributed by atoms with Gasteiger partial charge in [0.1, 0.15) is 5.10 Å². The highest BCUT2D eigenvalue weighted by molar-refractivity contribution is 5.64. The first kappa shape index (κ1) is 14.6. The molecule has 0 radical (unpaired) electrons. The van der Waals surface area contributed by atoms with E-state index in [9.17, 15) is 20.2 Å². The summed E-state index contributed by atoms with van der Waals surface area (Å²) in [6.45, 7) is -0.235. The van der Waals surface area contributed by atoms with Gasteiger partial charge < -0.3 is 26.0 Å². The molecule has 0 spiro atoms. The van der Waals surface area contributed by atoms with Crippen molar-refractivity contribution in [2.45, 2.75) is 13.1 Å². The Balaban J connectivity index is 2.44. The maximum Gasteiger partial charge on any atom is 0.430 e. The predicted octanol–water partition coefficient (Wildman–Crippen LogP) is -0.0898. The number of azide groups is 1. The molecule has 0 saturated heterocycles. The summed E-state index contributed by atoms with van der Waals surface area (Å²) in [7, 11) is 0. The van der Waals surface area contributed by atoms with Crippen LogP contribution in [0.25, 0.3) is 10.4 Å². The summed E-state index contributed by atoms with van der Waals surface area (Å²) in [5, 5.41) is 38.5. The van der Waals surface area contributed by atoms with Crippen LogP contribution >= 0.6 is 0 Å². The third-order valence-corrected chi connectivity index (χ3v) is 2.46. The Labute approximate surface area is 119 Å². The molecule has 22 heavy (non-hydrogen) atoms. The van der Waals surface area contributed by atoms with Gasteiger partial charge >= 0.3 is 11.6 Å². The molecular weight excluding hydrogens is 304 g/mol. The Bertz CT molecular complexity index is 784. The fraction of sp³-hybridized carbons (Fsp3) is 0.333. The Morgan fingerprint density at radius 1 is 1.27 bits per heavy atom. The molecule has 114 valence electrons. The topological polar surface area (TPSA) is 222 Å². The van der Waals surface area contributed by atoms with Crippen molar-refractivity contribution in [3.05, 3.63) is 30.7 Å². The molecule has 0 bridgehead atoms. The zero-order chi connectivity index (χ0) is 16.3. The van der Waals surface area contributed by atoms with Crippen molar-refractivity contribution in [1.29, 1.82) is 0 Å². The van der Waals surface area contributed by atoms with Crippen LogP contribution in [0.3, 0.4) is 0 Å². The van der Waals surface area contributed by atoms with Crippen LogP contribution in [0.1, 0.15) is 0 Å². The fourth-order valence-corrected chi connectivity index (χ4v) is 1.59. The van der Waals surface area contributed by atoms with Gasteiger partial charge in [0.15, 0.2) is 6.54 Å². The van der Waals surface area contributed by atoms with Crippen LogP contribution in [-0.2, 0) is 13.1 Å².